The van der Waals surface area contributed by atoms with Crippen LogP contribution in [0.2, 0.25) is 0 Å². The maximum absolute atomic E-state index is 10.9. The lowest BCUT2D eigenvalue weighted by atomic mass is 10.3. The van der Waals surface area contributed by atoms with Crippen LogP contribution in [0.4, 0.5) is 0 Å². The molecule has 8 heteroatoms. The van der Waals surface area contributed by atoms with Gasteiger partial charge < -0.3 is 5.11 Å². The average molecular weight is 329 g/mol. The highest BCUT2D eigenvalue weighted by Crippen LogP contribution is 2.27. The Morgan fingerprint density at radius 1 is 1.22 bits per heavy atom. The van der Waals surface area contributed by atoms with E-state index in [-0.39, 0.29) is 5.75 Å². The minimum Gasteiger partial charge on any atom is -0.481 e. The highest BCUT2D eigenvalue weighted by Gasteiger charge is 2.19. The molecule has 1 N–H and O–H groups in total. The van der Waals surface area contributed by atoms with E-state index in [0.717, 1.165) is 23.1 Å². The van der Waals surface area contributed by atoms with Crippen LogP contribution in [0, 0.1) is 0 Å². The lowest BCUT2D eigenvalue weighted by molar-refractivity contribution is -0.133. The highest BCUT2D eigenvalue weighted by atomic mass is 32.2. The maximum atomic E-state index is 10.9. The number of aliphatic carboxylic acids is 1. The minimum atomic E-state index is -0.891. The summed E-state index contributed by atoms with van der Waals surface area (Å²) < 4.78 is 3.69. The molecule has 3 rings (SSSR count). The van der Waals surface area contributed by atoms with Gasteiger partial charge in [-0.15, -0.1) is 10.2 Å². The van der Waals surface area contributed by atoms with E-state index in [2.05, 4.69) is 15.3 Å². The molecule has 0 bridgehead atoms. The van der Waals surface area contributed by atoms with Crippen LogP contribution in [0.3, 0.4) is 0 Å². The molecule has 0 saturated heterocycles. The van der Waals surface area contributed by atoms with Crippen LogP contribution in [0.5, 0.6) is 0 Å². The number of para-hydroxylation sites is 1. The van der Waals surface area contributed by atoms with Crippen molar-refractivity contribution in [1.29, 1.82) is 0 Å². The summed E-state index contributed by atoms with van der Waals surface area (Å²) in [7, 11) is 0. The number of aromatic nitrogens is 5. The largest absolute Gasteiger partial charge is 0.481 e. The number of hydrogen-bond acceptors (Lipinski definition) is 5. The number of hydrogen-bond donors (Lipinski definition) is 1. The zero-order chi connectivity index (χ0) is 16.2. The summed E-state index contributed by atoms with van der Waals surface area (Å²) in [5.74, 6) is -0.320. The molecule has 0 saturated carbocycles. The number of carbonyl (C=O) groups is 1. The standard InChI is InChI=1S/C15H15N5O2S/c1-2-19-12(8-9-16-19)14-17-18-15(23-10-13(21)22)20(14)11-6-4-3-5-7-11/h3-9H,2,10H2,1H3,(H,21,22). The first kappa shape index (κ1) is 15.3. The van der Waals surface area contributed by atoms with E-state index in [0.29, 0.717) is 17.5 Å². The van der Waals surface area contributed by atoms with E-state index in [4.69, 9.17) is 5.11 Å². The van der Waals surface area contributed by atoms with Gasteiger partial charge in [0.15, 0.2) is 11.0 Å². The predicted molar refractivity (Wildman–Crippen MR) is 86.6 cm³/mol. The fourth-order valence-corrected chi connectivity index (χ4v) is 2.91. The number of carboxylic acids is 1. The Hall–Kier alpha value is -2.61. The van der Waals surface area contributed by atoms with E-state index in [1.807, 2.05) is 52.6 Å². The van der Waals surface area contributed by atoms with Crippen LogP contribution >= 0.6 is 11.8 Å². The number of benzene rings is 1. The molecule has 2 heterocycles. The molecule has 118 valence electrons. The van der Waals surface area contributed by atoms with Crippen LogP contribution in [0.1, 0.15) is 6.92 Å². The van der Waals surface area contributed by atoms with Gasteiger partial charge in [-0.3, -0.25) is 14.0 Å². The van der Waals surface area contributed by atoms with Gasteiger partial charge in [-0.2, -0.15) is 5.10 Å². The number of nitrogens with zero attached hydrogens (tertiary/aromatic N) is 5. The highest BCUT2D eigenvalue weighted by molar-refractivity contribution is 7.99. The van der Waals surface area contributed by atoms with Crippen molar-refractivity contribution in [3.05, 3.63) is 42.6 Å². The van der Waals surface area contributed by atoms with Crippen molar-refractivity contribution in [3.63, 3.8) is 0 Å². The lowest BCUT2D eigenvalue weighted by Gasteiger charge is -2.10. The Morgan fingerprint density at radius 3 is 2.70 bits per heavy atom. The van der Waals surface area contributed by atoms with Gasteiger partial charge in [-0.1, -0.05) is 30.0 Å². The normalized spacial score (nSPS) is 10.8. The fourth-order valence-electron chi connectivity index (χ4n) is 2.24. The molecule has 0 aliphatic rings. The molecule has 0 radical (unpaired) electrons. The molecule has 0 aliphatic carbocycles. The molecule has 3 aromatic rings. The van der Waals surface area contributed by atoms with Gasteiger partial charge in [0.1, 0.15) is 5.69 Å². The molecular formula is C15H15N5O2S. The Kier molecular flexibility index (Phi) is 4.42. The van der Waals surface area contributed by atoms with E-state index >= 15 is 0 Å². The third-order valence-corrected chi connectivity index (χ3v) is 4.13. The first-order chi connectivity index (χ1) is 11.2. The summed E-state index contributed by atoms with van der Waals surface area (Å²) in [5.41, 5.74) is 1.72. The van der Waals surface area contributed by atoms with E-state index in [9.17, 15) is 4.79 Å². The summed E-state index contributed by atoms with van der Waals surface area (Å²) in [5, 5.41) is 22.1. The molecule has 2 aromatic heterocycles. The number of rotatable bonds is 6. The van der Waals surface area contributed by atoms with Gasteiger partial charge in [-0.25, -0.2) is 0 Å². The van der Waals surface area contributed by atoms with Gasteiger partial charge in [0.05, 0.1) is 5.75 Å². The molecule has 23 heavy (non-hydrogen) atoms. The van der Waals surface area contributed by atoms with Gasteiger partial charge >= 0.3 is 5.97 Å². The van der Waals surface area contributed by atoms with E-state index in [1.165, 1.54) is 0 Å². The predicted octanol–water partition coefficient (Wildman–Crippen LogP) is 2.33. The van der Waals surface area contributed by atoms with Crippen LogP contribution in [0.25, 0.3) is 17.2 Å². The van der Waals surface area contributed by atoms with Crippen molar-refractivity contribution < 1.29 is 9.90 Å². The zero-order valence-electron chi connectivity index (χ0n) is 12.5. The molecule has 1 aromatic carbocycles. The molecule has 0 amide bonds. The molecule has 7 nitrogen and oxygen atoms in total. The van der Waals surface area contributed by atoms with Gasteiger partial charge in [0.2, 0.25) is 0 Å². The molecule has 0 aliphatic heterocycles. The van der Waals surface area contributed by atoms with Gasteiger partial charge in [0, 0.05) is 18.4 Å². The Morgan fingerprint density at radius 2 is 2.00 bits per heavy atom. The van der Waals surface area contributed by atoms with Crippen molar-refractivity contribution >= 4 is 17.7 Å². The second kappa shape index (κ2) is 6.66. The topological polar surface area (TPSA) is 85.8 Å². The smallest absolute Gasteiger partial charge is 0.313 e. The molecule has 0 unspecified atom stereocenters. The molecular weight excluding hydrogens is 314 g/mol. The Bertz CT molecular complexity index is 812. The van der Waals surface area contributed by atoms with Gasteiger partial charge in [-0.05, 0) is 25.1 Å². The van der Waals surface area contributed by atoms with E-state index in [1.54, 1.807) is 6.20 Å². The minimum absolute atomic E-state index is 0.0714. The first-order valence-corrected chi connectivity index (χ1v) is 8.07. The summed E-state index contributed by atoms with van der Waals surface area (Å²) in [6.07, 6.45) is 1.72. The number of thioether (sulfide) groups is 1. The number of aryl methyl sites for hydroxylation is 1. The summed E-state index contributed by atoms with van der Waals surface area (Å²) >= 11 is 1.14. The van der Waals surface area contributed by atoms with E-state index < -0.39 is 5.97 Å². The Balaban J connectivity index is 2.11. The number of carboxylic acid groups (broad SMARTS) is 1. The lowest BCUT2D eigenvalue weighted by Crippen LogP contribution is -2.06. The van der Waals surface area contributed by atoms with Crippen LogP contribution in [0.15, 0.2) is 47.8 Å². The van der Waals surface area contributed by atoms with Crippen molar-refractivity contribution in [1.82, 2.24) is 24.5 Å². The van der Waals surface area contributed by atoms with Crippen molar-refractivity contribution in [3.8, 4) is 17.2 Å². The second-order valence-corrected chi connectivity index (χ2v) is 5.63. The van der Waals surface area contributed by atoms with Crippen LogP contribution < -0.4 is 0 Å². The first-order valence-electron chi connectivity index (χ1n) is 7.08. The third-order valence-electron chi connectivity index (χ3n) is 3.22. The molecule has 0 atom stereocenters. The third kappa shape index (κ3) is 3.11. The van der Waals surface area contributed by atoms with Crippen LogP contribution in [-0.2, 0) is 11.3 Å². The van der Waals surface area contributed by atoms with Crippen molar-refractivity contribution in [2.45, 2.75) is 18.6 Å². The fraction of sp³-hybridized carbons (Fsp3) is 0.200. The summed E-state index contributed by atoms with van der Waals surface area (Å²) in [6, 6.07) is 11.5. The average Bonchev–Trinajstić information content (AvgIpc) is 3.19. The zero-order valence-corrected chi connectivity index (χ0v) is 13.3. The monoisotopic (exact) mass is 329 g/mol. The quantitative estimate of drug-likeness (QED) is 0.699. The molecule has 0 fully saturated rings. The summed E-state index contributed by atoms with van der Waals surface area (Å²) in [6.45, 7) is 2.71. The maximum Gasteiger partial charge on any atom is 0.313 e. The van der Waals surface area contributed by atoms with Gasteiger partial charge in [0.25, 0.3) is 0 Å². The molecule has 0 spiro atoms. The second-order valence-electron chi connectivity index (χ2n) is 4.69. The van der Waals surface area contributed by atoms with Crippen molar-refractivity contribution in [2.24, 2.45) is 0 Å². The van der Waals surface area contributed by atoms with Crippen LogP contribution in [-0.4, -0.2) is 41.4 Å². The summed E-state index contributed by atoms with van der Waals surface area (Å²) in [4.78, 5) is 10.9. The Labute approximate surface area is 137 Å². The van der Waals surface area contributed by atoms with Crippen molar-refractivity contribution in [2.75, 3.05) is 5.75 Å². The SMILES string of the molecule is CCn1nccc1-c1nnc(SCC(=O)O)n1-c1ccccc1.